The number of ketones is 1. The number of carbonyl (C=O) groups excluding carboxylic acids is 1. The van der Waals surface area contributed by atoms with Crippen molar-refractivity contribution in [3.63, 3.8) is 0 Å². The first kappa shape index (κ1) is 12.4. The largest absolute Gasteiger partial charge is 0.299 e. The van der Waals surface area contributed by atoms with Gasteiger partial charge in [-0.3, -0.25) is 4.79 Å². The maximum absolute atomic E-state index is 10.6. The minimum atomic E-state index is 0.288. The van der Waals surface area contributed by atoms with Crippen molar-refractivity contribution in [2.45, 2.75) is 32.4 Å². The summed E-state index contributed by atoms with van der Waals surface area (Å²) in [5.74, 6) is 3.32. The molecule has 0 aliphatic heterocycles. The van der Waals surface area contributed by atoms with Gasteiger partial charge in [-0.15, -0.1) is 0 Å². The van der Waals surface area contributed by atoms with Gasteiger partial charge in [-0.05, 0) is 30.1 Å². The first-order chi connectivity index (χ1) is 5.63. The van der Waals surface area contributed by atoms with Gasteiger partial charge in [-0.1, -0.05) is 13.8 Å². The van der Waals surface area contributed by atoms with E-state index in [9.17, 15) is 4.79 Å². The lowest BCUT2D eigenvalue weighted by atomic mass is 10.5. The summed E-state index contributed by atoms with van der Waals surface area (Å²) in [6.45, 7) is 6.08. The van der Waals surface area contributed by atoms with Gasteiger partial charge in [0.2, 0.25) is 0 Å². The summed E-state index contributed by atoms with van der Waals surface area (Å²) in [5, 5.41) is 0.739. The van der Waals surface area contributed by atoms with E-state index in [-0.39, 0.29) is 5.78 Å². The van der Waals surface area contributed by atoms with Crippen LogP contribution in [0.5, 0.6) is 0 Å². The average Bonchev–Trinajstić information content (AvgIpc) is 1.95. The molecule has 3 heteroatoms. The van der Waals surface area contributed by atoms with Crippen molar-refractivity contribution in [3.05, 3.63) is 0 Å². The Morgan fingerprint density at radius 1 is 1.33 bits per heavy atom. The van der Waals surface area contributed by atoms with E-state index in [4.69, 9.17) is 0 Å². The summed E-state index contributed by atoms with van der Waals surface area (Å²) >= 11 is 3.74. The Balaban J connectivity index is 2.96. The number of Topliss-reactive ketones (excluding diaryl/α,β-unsaturated/α-hetero) is 1. The lowest BCUT2D eigenvalue weighted by molar-refractivity contribution is -0.114. The highest BCUT2D eigenvalue weighted by atomic mass is 32.2. The van der Waals surface area contributed by atoms with Gasteiger partial charge in [0.25, 0.3) is 0 Å². The number of carbonyl (C=O) groups is 1. The molecule has 0 atom stereocenters. The Bertz CT molecular complexity index is 124. The summed E-state index contributed by atoms with van der Waals surface area (Å²) in [6.07, 6.45) is 1.22. The molecule has 0 radical (unpaired) electrons. The smallest absolute Gasteiger partial charge is 0.139 e. The second-order valence-electron chi connectivity index (χ2n) is 3.03. The molecule has 0 aromatic heterocycles. The van der Waals surface area contributed by atoms with Gasteiger partial charge in [-0.25, -0.2) is 0 Å². The Morgan fingerprint density at radius 3 is 2.50 bits per heavy atom. The van der Waals surface area contributed by atoms with Gasteiger partial charge in [0.15, 0.2) is 0 Å². The van der Waals surface area contributed by atoms with E-state index >= 15 is 0 Å². The van der Waals surface area contributed by atoms with Crippen LogP contribution in [0.2, 0.25) is 0 Å². The first-order valence-electron chi connectivity index (χ1n) is 4.31. The molecule has 0 unspecified atom stereocenters. The fourth-order valence-electron chi connectivity index (χ4n) is 0.696. The Morgan fingerprint density at radius 2 is 2.00 bits per heavy atom. The van der Waals surface area contributed by atoms with Crippen LogP contribution in [0.15, 0.2) is 0 Å². The van der Waals surface area contributed by atoms with E-state index in [1.165, 1.54) is 12.2 Å². The van der Waals surface area contributed by atoms with Crippen molar-refractivity contribution in [2.24, 2.45) is 0 Å². The number of rotatable bonds is 7. The standard InChI is InChI=1S/C9H18OS2/c1-8(2)12-6-4-5-11-7-9(3)10/h8H,4-7H2,1-3H3. The lowest BCUT2D eigenvalue weighted by Gasteiger charge is -2.03. The zero-order valence-corrected chi connectivity index (χ0v) is 9.76. The van der Waals surface area contributed by atoms with Crippen molar-refractivity contribution < 1.29 is 4.79 Å². The molecule has 0 bridgehead atoms. The van der Waals surface area contributed by atoms with Crippen LogP contribution in [0.4, 0.5) is 0 Å². The highest BCUT2D eigenvalue weighted by Gasteiger charge is 1.96. The molecule has 0 aliphatic carbocycles. The minimum absolute atomic E-state index is 0.288. The van der Waals surface area contributed by atoms with E-state index in [2.05, 4.69) is 13.8 Å². The second kappa shape index (κ2) is 7.99. The van der Waals surface area contributed by atoms with Crippen LogP contribution >= 0.6 is 23.5 Å². The average molecular weight is 206 g/mol. The highest BCUT2D eigenvalue weighted by molar-refractivity contribution is 8.00. The van der Waals surface area contributed by atoms with Crippen LogP contribution in [-0.4, -0.2) is 28.3 Å². The molecule has 0 fully saturated rings. The third kappa shape index (κ3) is 10.4. The van der Waals surface area contributed by atoms with E-state index < -0.39 is 0 Å². The third-order valence-corrected chi connectivity index (χ3v) is 3.57. The molecule has 0 heterocycles. The molecular formula is C9H18OS2. The van der Waals surface area contributed by atoms with Gasteiger partial charge in [0, 0.05) is 0 Å². The zero-order valence-electron chi connectivity index (χ0n) is 8.13. The monoisotopic (exact) mass is 206 g/mol. The van der Waals surface area contributed by atoms with Crippen LogP contribution in [0.1, 0.15) is 27.2 Å². The summed E-state index contributed by atoms with van der Waals surface area (Å²) in [5.41, 5.74) is 0. The summed E-state index contributed by atoms with van der Waals surface area (Å²) in [4.78, 5) is 10.6. The van der Waals surface area contributed by atoms with E-state index in [0.29, 0.717) is 5.75 Å². The predicted molar refractivity (Wildman–Crippen MR) is 60.2 cm³/mol. The topological polar surface area (TPSA) is 17.1 Å². The summed E-state index contributed by atoms with van der Waals surface area (Å²) in [7, 11) is 0. The summed E-state index contributed by atoms with van der Waals surface area (Å²) < 4.78 is 0. The van der Waals surface area contributed by atoms with E-state index in [1.807, 2.05) is 11.8 Å². The van der Waals surface area contributed by atoms with Crippen molar-refractivity contribution in [1.82, 2.24) is 0 Å². The fraction of sp³-hybridized carbons (Fsp3) is 0.889. The molecule has 0 aromatic carbocycles. The molecule has 0 aromatic rings. The fourth-order valence-corrected chi connectivity index (χ4v) is 2.44. The van der Waals surface area contributed by atoms with Crippen LogP contribution < -0.4 is 0 Å². The van der Waals surface area contributed by atoms with Crippen LogP contribution in [0.25, 0.3) is 0 Å². The van der Waals surface area contributed by atoms with Crippen LogP contribution in [-0.2, 0) is 4.79 Å². The molecular weight excluding hydrogens is 188 g/mol. The Kier molecular flexibility index (Phi) is 8.24. The van der Waals surface area contributed by atoms with Crippen LogP contribution in [0, 0.1) is 0 Å². The molecule has 12 heavy (non-hydrogen) atoms. The number of thioether (sulfide) groups is 2. The molecule has 0 aliphatic rings. The van der Waals surface area contributed by atoms with Gasteiger partial charge >= 0.3 is 0 Å². The normalized spacial score (nSPS) is 10.7. The Labute approximate surface area is 84.1 Å². The summed E-state index contributed by atoms with van der Waals surface area (Å²) in [6, 6.07) is 0. The molecule has 0 saturated carbocycles. The molecule has 0 N–H and O–H groups in total. The van der Waals surface area contributed by atoms with Crippen molar-refractivity contribution in [2.75, 3.05) is 17.3 Å². The predicted octanol–water partition coefficient (Wildman–Crippen LogP) is 2.84. The van der Waals surface area contributed by atoms with Gasteiger partial charge in [0.05, 0.1) is 5.75 Å². The molecule has 72 valence electrons. The van der Waals surface area contributed by atoms with E-state index in [1.54, 1.807) is 18.7 Å². The molecule has 1 nitrogen and oxygen atoms in total. The number of hydrogen-bond donors (Lipinski definition) is 0. The molecule has 0 spiro atoms. The van der Waals surface area contributed by atoms with Gasteiger partial charge < -0.3 is 0 Å². The van der Waals surface area contributed by atoms with Crippen LogP contribution in [0.3, 0.4) is 0 Å². The van der Waals surface area contributed by atoms with E-state index in [0.717, 1.165) is 11.0 Å². The third-order valence-electron chi connectivity index (χ3n) is 1.19. The van der Waals surface area contributed by atoms with Crippen molar-refractivity contribution in [1.29, 1.82) is 0 Å². The van der Waals surface area contributed by atoms with Gasteiger partial charge in [0.1, 0.15) is 5.78 Å². The zero-order chi connectivity index (χ0) is 9.40. The first-order valence-corrected chi connectivity index (χ1v) is 6.52. The SMILES string of the molecule is CC(=O)CSCCCSC(C)C. The maximum atomic E-state index is 10.6. The Hall–Kier alpha value is 0.370. The van der Waals surface area contributed by atoms with Crippen molar-refractivity contribution in [3.8, 4) is 0 Å². The second-order valence-corrected chi connectivity index (χ2v) is 5.82. The molecule has 0 saturated heterocycles. The number of hydrogen-bond acceptors (Lipinski definition) is 3. The lowest BCUT2D eigenvalue weighted by Crippen LogP contribution is -1.96. The minimum Gasteiger partial charge on any atom is -0.299 e. The highest BCUT2D eigenvalue weighted by Crippen LogP contribution is 2.12. The maximum Gasteiger partial charge on any atom is 0.139 e. The quantitative estimate of drug-likeness (QED) is 0.596. The molecule has 0 rings (SSSR count). The van der Waals surface area contributed by atoms with Gasteiger partial charge in [-0.2, -0.15) is 23.5 Å². The molecule has 0 amide bonds. The van der Waals surface area contributed by atoms with Crippen molar-refractivity contribution >= 4 is 29.3 Å².